The second-order valence-electron chi connectivity index (χ2n) is 5.83. The van der Waals surface area contributed by atoms with Crippen LogP contribution in [0.3, 0.4) is 0 Å². The van der Waals surface area contributed by atoms with E-state index in [4.69, 9.17) is 4.74 Å². The normalized spacial score (nSPS) is 15.2. The first-order valence-electron chi connectivity index (χ1n) is 8.24. The van der Waals surface area contributed by atoms with Crippen molar-refractivity contribution in [2.45, 2.75) is 6.92 Å². The number of hydrogen-bond donors (Lipinski definition) is 1. The van der Waals surface area contributed by atoms with Crippen LogP contribution >= 0.6 is 0 Å². The van der Waals surface area contributed by atoms with Gasteiger partial charge in [-0.15, -0.1) is 0 Å². The van der Waals surface area contributed by atoms with Gasteiger partial charge in [0.25, 0.3) is 5.69 Å². The number of carbonyl (C=O) groups excluding carboxylic acids is 2. The van der Waals surface area contributed by atoms with Gasteiger partial charge in [-0.2, -0.15) is 0 Å². The molecule has 0 aromatic heterocycles. The van der Waals surface area contributed by atoms with Crippen LogP contribution in [-0.4, -0.2) is 22.7 Å². The van der Waals surface area contributed by atoms with E-state index in [1.54, 1.807) is 6.08 Å². The van der Waals surface area contributed by atoms with Crippen LogP contribution in [0.15, 0.2) is 71.0 Å². The zero-order valence-electron chi connectivity index (χ0n) is 14.8. The largest absolute Gasteiger partial charge is 0.400 e. The van der Waals surface area contributed by atoms with E-state index < -0.39 is 10.9 Å². The Labute approximate surface area is 160 Å². The van der Waals surface area contributed by atoms with E-state index in [9.17, 15) is 19.7 Å². The zero-order chi connectivity index (χ0) is 20.1. The first-order chi connectivity index (χ1) is 13.4. The first kappa shape index (κ1) is 18.7. The topological polar surface area (TPSA) is 111 Å². The highest BCUT2D eigenvalue weighted by atomic mass is 16.6. The van der Waals surface area contributed by atoms with Crippen molar-refractivity contribution in [3.63, 3.8) is 0 Å². The number of cyclic esters (lactones) is 1. The molecule has 2 aromatic carbocycles. The molecule has 0 saturated carbocycles. The van der Waals surface area contributed by atoms with E-state index in [1.165, 1.54) is 37.3 Å². The number of ether oxygens (including phenoxy) is 1. The van der Waals surface area contributed by atoms with Crippen molar-refractivity contribution in [3.8, 4) is 0 Å². The summed E-state index contributed by atoms with van der Waals surface area (Å²) in [5, 5.41) is 13.3. The summed E-state index contributed by atoms with van der Waals surface area (Å²) in [4.78, 5) is 38.0. The smallest absolute Gasteiger partial charge is 0.363 e. The van der Waals surface area contributed by atoms with Gasteiger partial charge < -0.3 is 10.1 Å². The Morgan fingerprint density at radius 1 is 1.11 bits per heavy atom. The van der Waals surface area contributed by atoms with Crippen LogP contribution in [0, 0.1) is 10.1 Å². The molecule has 0 radical (unpaired) electrons. The summed E-state index contributed by atoms with van der Waals surface area (Å²) in [6.07, 6.45) is 3.09. The molecule has 0 saturated heterocycles. The van der Waals surface area contributed by atoms with Crippen LogP contribution in [0.2, 0.25) is 0 Å². The van der Waals surface area contributed by atoms with Gasteiger partial charge in [-0.3, -0.25) is 14.9 Å². The van der Waals surface area contributed by atoms with Gasteiger partial charge in [-0.1, -0.05) is 30.3 Å². The van der Waals surface area contributed by atoms with Gasteiger partial charge in [0.1, 0.15) is 5.70 Å². The third kappa shape index (κ3) is 4.55. The number of esters is 1. The number of nitro groups is 1. The summed E-state index contributed by atoms with van der Waals surface area (Å²) >= 11 is 0. The van der Waals surface area contributed by atoms with Crippen molar-refractivity contribution >= 4 is 35.6 Å². The minimum absolute atomic E-state index is 0.0215. The molecule has 28 heavy (non-hydrogen) atoms. The molecule has 1 amide bonds. The highest BCUT2D eigenvalue weighted by Gasteiger charge is 2.26. The second kappa shape index (κ2) is 8.09. The molecule has 8 nitrogen and oxygen atoms in total. The maximum atomic E-state index is 12.2. The van der Waals surface area contributed by atoms with Crippen LogP contribution in [0.1, 0.15) is 18.1 Å². The van der Waals surface area contributed by atoms with E-state index >= 15 is 0 Å². The summed E-state index contributed by atoms with van der Waals surface area (Å²) in [5.74, 6) is -1.05. The predicted molar refractivity (Wildman–Crippen MR) is 103 cm³/mol. The quantitative estimate of drug-likeness (QED) is 0.373. The van der Waals surface area contributed by atoms with E-state index in [-0.39, 0.29) is 28.9 Å². The molecule has 0 unspecified atom stereocenters. The van der Waals surface area contributed by atoms with Gasteiger partial charge in [0, 0.05) is 19.1 Å². The van der Waals surface area contributed by atoms with Crippen molar-refractivity contribution in [3.05, 3.63) is 87.2 Å². The van der Waals surface area contributed by atoms with E-state index in [0.717, 1.165) is 5.56 Å². The lowest BCUT2D eigenvalue weighted by Gasteiger charge is -2.06. The Kier molecular flexibility index (Phi) is 5.40. The molecule has 2 aromatic rings. The van der Waals surface area contributed by atoms with E-state index in [0.29, 0.717) is 5.56 Å². The number of benzene rings is 2. The van der Waals surface area contributed by atoms with Gasteiger partial charge in [0.05, 0.1) is 4.92 Å². The molecule has 0 aliphatic carbocycles. The monoisotopic (exact) mass is 377 g/mol. The third-order valence-corrected chi connectivity index (χ3v) is 3.68. The molecular weight excluding hydrogens is 362 g/mol. The van der Waals surface area contributed by atoms with Gasteiger partial charge in [0.15, 0.2) is 5.70 Å². The summed E-state index contributed by atoms with van der Waals surface area (Å²) < 4.78 is 5.19. The van der Waals surface area contributed by atoms with Crippen molar-refractivity contribution < 1.29 is 19.2 Å². The summed E-state index contributed by atoms with van der Waals surface area (Å²) in [5.41, 5.74) is 1.56. The van der Waals surface area contributed by atoms with Gasteiger partial charge >= 0.3 is 5.97 Å². The standard InChI is InChI=1S/C20H15N3O5/c1-13(24)21-17(11-14-5-3-2-4-6-14)19-22-18(20(25)28-19)12-15-7-9-16(10-8-15)23(26)27/h2-12H,1H3,(H,21,24). The fraction of sp³-hybridized carbons (Fsp3) is 0.0500. The number of carbonyl (C=O) groups is 2. The lowest BCUT2D eigenvalue weighted by molar-refractivity contribution is -0.384. The van der Waals surface area contributed by atoms with E-state index in [1.807, 2.05) is 30.3 Å². The molecule has 1 aliphatic heterocycles. The van der Waals surface area contributed by atoms with Gasteiger partial charge in [-0.25, -0.2) is 9.79 Å². The molecule has 140 valence electrons. The Morgan fingerprint density at radius 2 is 1.79 bits per heavy atom. The van der Waals surface area contributed by atoms with Crippen LogP contribution in [0.25, 0.3) is 12.2 Å². The number of amides is 1. The first-order valence-corrected chi connectivity index (χ1v) is 8.24. The highest BCUT2D eigenvalue weighted by Crippen LogP contribution is 2.20. The van der Waals surface area contributed by atoms with Crippen molar-refractivity contribution in [2.75, 3.05) is 0 Å². The predicted octanol–water partition coefficient (Wildman–Crippen LogP) is 3.07. The molecule has 1 aliphatic rings. The summed E-state index contributed by atoms with van der Waals surface area (Å²) in [6.45, 7) is 1.34. The SMILES string of the molecule is CC(=O)NC(=Cc1ccccc1)C1=NC(=Cc2ccc([N+](=O)[O-])cc2)C(=O)O1. The van der Waals surface area contributed by atoms with Crippen LogP contribution < -0.4 is 5.32 Å². The number of nitrogens with zero attached hydrogens (tertiary/aromatic N) is 2. The van der Waals surface area contributed by atoms with Crippen molar-refractivity contribution in [1.29, 1.82) is 0 Å². The van der Waals surface area contributed by atoms with Crippen molar-refractivity contribution in [2.24, 2.45) is 4.99 Å². The molecule has 1 heterocycles. The molecular formula is C20H15N3O5. The number of non-ortho nitro benzene ring substituents is 1. The average molecular weight is 377 g/mol. The number of rotatable bonds is 5. The molecule has 1 N–H and O–H groups in total. The molecule has 3 rings (SSSR count). The Balaban J connectivity index is 1.92. The number of hydrogen-bond acceptors (Lipinski definition) is 6. The molecule has 0 bridgehead atoms. The van der Waals surface area contributed by atoms with Gasteiger partial charge in [-0.05, 0) is 35.4 Å². The van der Waals surface area contributed by atoms with Crippen LogP contribution in [-0.2, 0) is 14.3 Å². The third-order valence-electron chi connectivity index (χ3n) is 3.68. The highest BCUT2D eigenvalue weighted by molar-refractivity contribution is 6.14. The van der Waals surface area contributed by atoms with E-state index in [2.05, 4.69) is 10.3 Å². The minimum atomic E-state index is -0.683. The zero-order valence-corrected chi connectivity index (χ0v) is 14.8. The molecule has 8 heteroatoms. The average Bonchev–Trinajstić information content (AvgIpc) is 3.03. The lowest BCUT2D eigenvalue weighted by atomic mass is 10.2. The number of aliphatic imine (C=N–C) groups is 1. The molecule has 0 atom stereocenters. The van der Waals surface area contributed by atoms with Crippen LogP contribution in [0.4, 0.5) is 5.69 Å². The molecule has 0 spiro atoms. The maximum absolute atomic E-state index is 12.2. The lowest BCUT2D eigenvalue weighted by Crippen LogP contribution is -2.25. The second-order valence-corrected chi connectivity index (χ2v) is 5.83. The fourth-order valence-electron chi connectivity index (χ4n) is 2.43. The van der Waals surface area contributed by atoms with Gasteiger partial charge in [0.2, 0.25) is 11.8 Å². The Hall–Kier alpha value is -4.07. The fourth-order valence-corrected chi connectivity index (χ4v) is 2.43. The minimum Gasteiger partial charge on any atom is -0.400 e. The number of nitrogens with one attached hydrogen (secondary N) is 1. The summed E-state index contributed by atoms with van der Waals surface area (Å²) in [7, 11) is 0. The van der Waals surface area contributed by atoms with Crippen LogP contribution in [0.5, 0.6) is 0 Å². The Morgan fingerprint density at radius 3 is 2.39 bits per heavy atom. The maximum Gasteiger partial charge on any atom is 0.363 e. The van der Waals surface area contributed by atoms with Crippen molar-refractivity contribution in [1.82, 2.24) is 5.32 Å². The molecule has 0 fully saturated rings. The Bertz CT molecular complexity index is 1020. The number of nitro benzene ring substituents is 1. The summed E-state index contributed by atoms with van der Waals surface area (Å²) in [6, 6.07) is 14.8.